The second-order valence-corrected chi connectivity index (χ2v) is 5.46. The molecule has 132 valence electrons. The Hall–Kier alpha value is -2.86. The molecule has 6 nitrogen and oxygen atoms in total. The maximum atomic E-state index is 11.9. The summed E-state index contributed by atoms with van der Waals surface area (Å²) in [7, 11) is 0. The van der Waals surface area contributed by atoms with Crippen molar-refractivity contribution in [2.24, 2.45) is 5.10 Å². The Morgan fingerprint density at radius 1 is 1.20 bits per heavy atom. The number of aliphatic hydroxyl groups is 1. The molecule has 0 aromatic heterocycles. The van der Waals surface area contributed by atoms with Gasteiger partial charge in [-0.1, -0.05) is 30.3 Å². The average molecular weight is 341 g/mol. The number of phenols is 1. The Kier molecular flexibility index (Phi) is 6.54. The maximum absolute atomic E-state index is 11.9. The van der Waals surface area contributed by atoms with E-state index >= 15 is 0 Å². The Labute approximate surface area is 147 Å². The summed E-state index contributed by atoms with van der Waals surface area (Å²) in [5.74, 6) is -0.562. The summed E-state index contributed by atoms with van der Waals surface area (Å²) in [6, 6.07) is 13.9. The third-order valence-corrected chi connectivity index (χ3v) is 3.88. The van der Waals surface area contributed by atoms with Crippen LogP contribution in [0.2, 0.25) is 0 Å². The summed E-state index contributed by atoms with van der Waals surface area (Å²) in [6.45, 7) is 5.78. The zero-order valence-electron chi connectivity index (χ0n) is 14.4. The molecule has 1 amide bonds. The number of rotatable bonds is 7. The van der Waals surface area contributed by atoms with E-state index in [0.717, 1.165) is 18.8 Å². The molecule has 0 aliphatic rings. The number of hydrazone groups is 1. The molecular formula is C19H23N3O3. The molecule has 25 heavy (non-hydrogen) atoms. The van der Waals surface area contributed by atoms with Gasteiger partial charge in [0.1, 0.15) is 5.75 Å². The first-order valence-electron chi connectivity index (χ1n) is 8.20. The minimum absolute atomic E-state index is 0.0750. The van der Waals surface area contributed by atoms with Crippen LogP contribution >= 0.6 is 0 Å². The van der Waals surface area contributed by atoms with Crippen molar-refractivity contribution in [1.82, 2.24) is 5.43 Å². The van der Waals surface area contributed by atoms with E-state index in [4.69, 9.17) is 0 Å². The molecule has 0 spiro atoms. The highest BCUT2D eigenvalue weighted by Gasteiger charge is 2.16. The van der Waals surface area contributed by atoms with Crippen LogP contribution in [-0.4, -0.2) is 35.4 Å². The molecule has 0 heterocycles. The zero-order chi connectivity index (χ0) is 18.2. The van der Waals surface area contributed by atoms with E-state index in [-0.39, 0.29) is 5.75 Å². The number of carbonyl (C=O) groups excluding carboxylic acids is 1. The summed E-state index contributed by atoms with van der Waals surface area (Å²) in [6.07, 6.45) is 0.0498. The molecule has 0 fully saturated rings. The lowest BCUT2D eigenvalue weighted by Gasteiger charge is -2.21. The van der Waals surface area contributed by atoms with Gasteiger partial charge in [-0.25, -0.2) is 5.43 Å². The van der Waals surface area contributed by atoms with E-state index < -0.39 is 12.0 Å². The highest BCUT2D eigenvalue weighted by Crippen LogP contribution is 2.23. The minimum atomic E-state index is -1.29. The van der Waals surface area contributed by atoms with Crippen molar-refractivity contribution in [1.29, 1.82) is 0 Å². The number of benzene rings is 2. The van der Waals surface area contributed by atoms with Crippen LogP contribution in [-0.2, 0) is 4.79 Å². The Balaban J connectivity index is 2.01. The monoisotopic (exact) mass is 341 g/mol. The molecule has 2 aromatic rings. The standard InChI is InChI=1S/C19H23N3O3/c1-3-22(4-2)16-11-10-15(17(23)12-16)13-20-21-19(25)18(24)14-8-6-5-7-9-14/h5-13,18,23-24H,3-4H2,1-2H3,(H,21,25)/b20-13+. The van der Waals surface area contributed by atoms with Gasteiger partial charge < -0.3 is 15.1 Å². The molecule has 3 N–H and O–H groups in total. The van der Waals surface area contributed by atoms with Crippen LogP contribution < -0.4 is 10.3 Å². The van der Waals surface area contributed by atoms with Gasteiger partial charge in [0.15, 0.2) is 6.10 Å². The molecule has 0 bridgehead atoms. The molecule has 0 radical (unpaired) electrons. The fourth-order valence-corrected chi connectivity index (χ4v) is 2.44. The molecule has 0 saturated carbocycles. The number of anilines is 1. The predicted octanol–water partition coefficient (Wildman–Crippen LogP) is 2.42. The van der Waals surface area contributed by atoms with Gasteiger partial charge in [0.2, 0.25) is 0 Å². The molecule has 2 aromatic carbocycles. The third kappa shape index (κ3) is 4.81. The quantitative estimate of drug-likeness (QED) is 0.533. The molecule has 0 aliphatic carbocycles. The van der Waals surface area contributed by atoms with Gasteiger partial charge >= 0.3 is 0 Å². The number of hydrogen-bond donors (Lipinski definition) is 3. The lowest BCUT2D eigenvalue weighted by Crippen LogP contribution is -2.25. The van der Waals surface area contributed by atoms with Crippen LogP contribution in [0.5, 0.6) is 5.75 Å². The smallest absolute Gasteiger partial charge is 0.273 e. The van der Waals surface area contributed by atoms with E-state index in [1.807, 2.05) is 19.9 Å². The Morgan fingerprint density at radius 3 is 2.48 bits per heavy atom. The number of amides is 1. The normalized spacial score (nSPS) is 12.1. The van der Waals surface area contributed by atoms with E-state index in [1.165, 1.54) is 6.21 Å². The first-order valence-corrected chi connectivity index (χ1v) is 8.20. The fraction of sp³-hybridized carbons (Fsp3) is 0.263. The van der Waals surface area contributed by atoms with Crippen LogP contribution in [0.3, 0.4) is 0 Å². The summed E-state index contributed by atoms with van der Waals surface area (Å²) < 4.78 is 0. The highest BCUT2D eigenvalue weighted by atomic mass is 16.3. The Bertz CT molecular complexity index is 728. The number of aliphatic hydroxyl groups excluding tert-OH is 1. The minimum Gasteiger partial charge on any atom is -0.507 e. The van der Waals surface area contributed by atoms with Gasteiger partial charge in [-0.2, -0.15) is 5.10 Å². The number of hydrogen-bond acceptors (Lipinski definition) is 5. The summed E-state index contributed by atoms with van der Waals surface area (Å²) in [5.41, 5.74) is 4.16. The van der Waals surface area contributed by atoms with E-state index in [9.17, 15) is 15.0 Å². The number of carbonyl (C=O) groups is 1. The Morgan fingerprint density at radius 2 is 1.88 bits per heavy atom. The van der Waals surface area contributed by atoms with Gasteiger partial charge in [-0.05, 0) is 31.5 Å². The van der Waals surface area contributed by atoms with Crippen molar-refractivity contribution in [3.05, 3.63) is 59.7 Å². The lowest BCUT2D eigenvalue weighted by molar-refractivity contribution is -0.129. The van der Waals surface area contributed by atoms with Gasteiger partial charge in [-0.3, -0.25) is 4.79 Å². The second kappa shape index (κ2) is 8.84. The predicted molar refractivity (Wildman–Crippen MR) is 98.8 cm³/mol. The first-order chi connectivity index (χ1) is 12.1. The van der Waals surface area contributed by atoms with Crippen molar-refractivity contribution in [2.45, 2.75) is 20.0 Å². The van der Waals surface area contributed by atoms with Crippen LogP contribution in [0.25, 0.3) is 0 Å². The van der Waals surface area contributed by atoms with E-state index in [1.54, 1.807) is 42.5 Å². The van der Waals surface area contributed by atoms with Crippen LogP contribution in [0.4, 0.5) is 5.69 Å². The number of nitrogens with one attached hydrogen (secondary N) is 1. The van der Waals surface area contributed by atoms with Gasteiger partial charge in [0.05, 0.1) is 6.21 Å². The molecule has 0 saturated heterocycles. The zero-order valence-corrected chi connectivity index (χ0v) is 14.4. The highest BCUT2D eigenvalue weighted by molar-refractivity contribution is 5.87. The summed E-state index contributed by atoms with van der Waals surface area (Å²) >= 11 is 0. The number of nitrogens with zero attached hydrogens (tertiary/aromatic N) is 2. The molecule has 1 unspecified atom stereocenters. The largest absolute Gasteiger partial charge is 0.507 e. The maximum Gasteiger partial charge on any atom is 0.273 e. The van der Waals surface area contributed by atoms with Crippen LogP contribution in [0.15, 0.2) is 53.6 Å². The fourth-order valence-electron chi connectivity index (χ4n) is 2.44. The topological polar surface area (TPSA) is 85.2 Å². The van der Waals surface area contributed by atoms with Crippen molar-refractivity contribution in [3.8, 4) is 5.75 Å². The molecule has 0 aliphatic heterocycles. The molecular weight excluding hydrogens is 318 g/mol. The van der Waals surface area contributed by atoms with Gasteiger partial charge in [0.25, 0.3) is 5.91 Å². The molecule has 2 rings (SSSR count). The summed E-state index contributed by atoms with van der Waals surface area (Å²) in [5, 5.41) is 23.9. The first kappa shape index (κ1) is 18.5. The van der Waals surface area contributed by atoms with E-state index in [0.29, 0.717) is 11.1 Å². The number of phenolic OH excluding ortho intramolecular Hbond substituents is 1. The molecule has 6 heteroatoms. The molecule has 1 atom stereocenters. The van der Waals surface area contributed by atoms with Crippen LogP contribution in [0.1, 0.15) is 31.1 Å². The van der Waals surface area contributed by atoms with Crippen LogP contribution in [0, 0.1) is 0 Å². The van der Waals surface area contributed by atoms with Crippen molar-refractivity contribution in [2.75, 3.05) is 18.0 Å². The van der Waals surface area contributed by atoms with Crippen molar-refractivity contribution in [3.63, 3.8) is 0 Å². The third-order valence-electron chi connectivity index (χ3n) is 3.88. The van der Waals surface area contributed by atoms with E-state index in [2.05, 4.69) is 15.4 Å². The SMILES string of the molecule is CCN(CC)c1ccc(/C=N/NC(=O)C(O)c2ccccc2)c(O)c1. The average Bonchev–Trinajstić information content (AvgIpc) is 2.64. The number of aromatic hydroxyl groups is 1. The second-order valence-electron chi connectivity index (χ2n) is 5.46. The van der Waals surface area contributed by atoms with Gasteiger partial charge in [0, 0.05) is 30.4 Å². The van der Waals surface area contributed by atoms with Crippen molar-refractivity contribution < 1.29 is 15.0 Å². The van der Waals surface area contributed by atoms with Gasteiger partial charge in [-0.15, -0.1) is 0 Å². The lowest BCUT2D eigenvalue weighted by atomic mass is 10.1. The van der Waals surface area contributed by atoms with Crippen molar-refractivity contribution >= 4 is 17.8 Å². The summed E-state index contributed by atoms with van der Waals surface area (Å²) in [4.78, 5) is 14.0.